The SMILES string of the molecule is CCC1OC(n2cnc3c(NC(=O)CC(C)=O)ncnc32)CC1C. The number of anilines is 1. The van der Waals surface area contributed by atoms with Gasteiger partial charge in [-0.2, -0.15) is 0 Å². The van der Waals surface area contributed by atoms with Crippen molar-refractivity contribution in [3.8, 4) is 0 Å². The first kappa shape index (κ1) is 16.5. The van der Waals surface area contributed by atoms with E-state index < -0.39 is 5.91 Å². The molecule has 3 unspecified atom stereocenters. The molecule has 128 valence electrons. The number of amides is 1. The van der Waals surface area contributed by atoms with E-state index in [-0.39, 0.29) is 24.5 Å². The molecule has 2 aromatic rings. The van der Waals surface area contributed by atoms with E-state index in [9.17, 15) is 9.59 Å². The molecular formula is C16H21N5O3. The summed E-state index contributed by atoms with van der Waals surface area (Å²) in [5, 5.41) is 2.62. The van der Waals surface area contributed by atoms with Crippen molar-refractivity contribution in [1.29, 1.82) is 0 Å². The molecule has 1 amide bonds. The van der Waals surface area contributed by atoms with Crippen LogP contribution in [0.1, 0.15) is 46.3 Å². The summed E-state index contributed by atoms with van der Waals surface area (Å²) in [6, 6.07) is 0. The lowest BCUT2D eigenvalue weighted by Gasteiger charge is -2.14. The van der Waals surface area contributed by atoms with E-state index in [1.54, 1.807) is 6.33 Å². The topological polar surface area (TPSA) is 99.0 Å². The van der Waals surface area contributed by atoms with E-state index in [0.29, 0.717) is 22.9 Å². The maximum Gasteiger partial charge on any atom is 0.233 e. The molecule has 0 aromatic carbocycles. The van der Waals surface area contributed by atoms with Crippen LogP contribution in [0.2, 0.25) is 0 Å². The van der Waals surface area contributed by atoms with Crippen LogP contribution in [0.5, 0.6) is 0 Å². The molecule has 3 rings (SSSR count). The molecule has 1 fully saturated rings. The second kappa shape index (κ2) is 6.64. The van der Waals surface area contributed by atoms with Crippen molar-refractivity contribution in [2.45, 2.75) is 52.4 Å². The molecule has 0 spiro atoms. The summed E-state index contributed by atoms with van der Waals surface area (Å²) < 4.78 is 7.96. The predicted molar refractivity (Wildman–Crippen MR) is 87.2 cm³/mol. The minimum atomic E-state index is -0.408. The number of ketones is 1. The van der Waals surface area contributed by atoms with Gasteiger partial charge in [0.15, 0.2) is 17.0 Å². The van der Waals surface area contributed by atoms with Crippen molar-refractivity contribution in [2.75, 3.05) is 5.32 Å². The van der Waals surface area contributed by atoms with E-state index in [4.69, 9.17) is 4.74 Å². The molecular weight excluding hydrogens is 310 g/mol. The molecule has 0 aliphatic carbocycles. The summed E-state index contributed by atoms with van der Waals surface area (Å²) >= 11 is 0. The molecule has 3 heterocycles. The quantitative estimate of drug-likeness (QED) is 0.842. The Morgan fingerprint density at radius 2 is 2.17 bits per heavy atom. The Hall–Kier alpha value is -2.35. The molecule has 1 aliphatic heterocycles. The van der Waals surface area contributed by atoms with E-state index in [0.717, 1.165) is 12.8 Å². The minimum absolute atomic E-state index is 0.120. The van der Waals surface area contributed by atoms with Crippen molar-refractivity contribution in [3.05, 3.63) is 12.7 Å². The van der Waals surface area contributed by atoms with Crippen molar-refractivity contribution in [2.24, 2.45) is 5.92 Å². The van der Waals surface area contributed by atoms with Gasteiger partial charge in [-0.15, -0.1) is 0 Å². The van der Waals surface area contributed by atoms with E-state index in [2.05, 4.69) is 34.1 Å². The highest BCUT2D eigenvalue weighted by atomic mass is 16.5. The van der Waals surface area contributed by atoms with Crippen LogP contribution in [-0.4, -0.2) is 37.3 Å². The molecule has 1 aliphatic rings. The van der Waals surface area contributed by atoms with Crippen LogP contribution in [0.3, 0.4) is 0 Å². The first-order valence-electron chi connectivity index (χ1n) is 8.11. The highest BCUT2D eigenvalue weighted by Crippen LogP contribution is 2.36. The summed E-state index contributed by atoms with van der Waals surface area (Å²) in [7, 11) is 0. The standard InChI is InChI=1S/C16H21N5O3/c1-4-11-9(2)5-13(24-11)21-8-19-14-15(17-7-18-16(14)21)20-12(23)6-10(3)22/h7-9,11,13H,4-6H2,1-3H3,(H,17,18,20,23). The van der Waals surface area contributed by atoms with E-state index in [1.165, 1.54) is 13.3 Å². The zero-order valence-electron chi connectivity index (χ0n) is 14.0. The van der Waals surface area contributed by atoms with Crippen molar-refractivity contribution in [3.63, 3.8) is 0 Å². The fourth-order valence-corrected chi connectivity index (χ4v) is 3.10. The van der Waals surface area contributed by atoms with Crippen LogP contribution in [0.15, 0.2) is 12.7 Å². The van der Waals surface area contributed by atoms with Gasteiger partial charge in [0.05, 0.1) is 18.9 Å². The second-order valence-corrected chi connectivity index (χ2v) is 6.22. The summed E-state index contributed by atoms with van der Waals surface area (Å²) in [6.45, 7) is 5.66. The maximum absolute atomic E-state index is 11.8. The van der Waals surface area contributed by atoms with Gasteiger partial charge in [-0.05, 0) is 25.7 Å². The number of Topliss-reactive ketones (excluding diaryl/α,β-unsaturated/α-hetero) is 1. The molecule has 1 N–H and O–H groups in total. The van der Waals surface area contributed by atoms with Gasteiger partial charge in [0, 0.05) is 0 Å². The number of carbonyl (C=O) groups excluding carboxylic acids is 2. The molecule has 3 atom stereocenters. The Bertz CT molecular complexity index is 772. The number of fused-ring (bicyclic) bond motifs is 1. The first-order chi connectivity index (χ1) is 11.5. The van der Waals surface area contributed by atoms with Gasteiger partial charge < -0.3 is 10.1 Å². The zero-order chi connectivity index (χ0) is 17.3. The minimum Gasteiger partial charge on any atom is -0.354 e. The lowest BCUT2D eigenvalue weighted by atomic mass is 10.0. The molecule has 0 radical (unpaired) electrons. The monoisotopic (exact) mass is 331 g/mol. The van der Waals surface area contributed by atoms with Gasteiger partial charge in [0.25, 0.3) is 0 Å². The molecule has 0 bridgehead atoms. The molecule has 8 heteroatoms. The maximum atomic E-state index is 11.8. The lowest BCUT2D eigenvalue weighted by Crippen LogP contribution is -2.16. The summed E-state index contributed by atoms with van der Waals surface area (Å²) in [6.07, 6.45) is 4.81. The number of nitrogens with zero attached hydrogens (tertiary/aromatic N) is 4. The van der Waals surface area contributed by atoms with Crippen LogP contribution >= 0.6 is 0 Å². The largest absolute Gasteiger partial charge is 0.354 e. The fraction of sp³-hybridized carbons (Fsp3) is 0.562. The van der Waals surface area contributed by atoms with Gasteiger partial charge in [-0.3, -0.25) is 14.2 Å². The van der Waals surface area contributed by atoms with Crippen LogP contribution in [0, 0.1) is 5.92 Å². The zero-order valence-corrected chi connectivity index (χ0v) is 14.0. The Morgan fingerprint density at radius 3 is 2.83 bits per heavy atom. The Morgan fingerprint density at radius 1 is 1.38 bits per heavy atom. The number of hydrogen-bond donors (Lipinski definition) is 1. The Balaban J connectivity index is 1.87. The van der Waals surface area contributed by atoms with Crippen LogP contribution in [0.4, 0.5) is 5.82 Å². The average Bonchev–Trinajstić information content (AvgIpc) is 3.10. The third-order valence-electron chi connectivity index (χ3n) is 4.28. The van der Waals surface area contributed by atoms with Crippen molar-refractivity contribution < 1.29 is 14.3 Å². The number of nitrogens with one attached hydrogen (secondary N) is 1. The van der Waals surface area contributed by atoms with Gasteiger partial charge in [0.2, 0.25) is 5.91 Å². The van der Waals surface area contributed by atoms with Crippen molar-refractivity contribution in [1.82, 2.24) is 19.5 Å². The summed E-state index contributed by atoms with van der Waals surface area (Å²) in [5.74, 6) is 0.160. The average molecular weight is 331 g/mol. The van der Waals surface area contributed by atoms with Gasteiger partial charge >= 0.3 is 0 Å². The van der Waals surface area contributed by atoms with Gasteiger partial charge in [-0.1, -0.05) is 13.8 Å². The van der Waals surface area contributed by atoms with Gasteiger partial charge in [-0.25, -0.2) is 15.0 Å². The Kier molecular flexibility index (Phi) is 4.57. The molecule has 2 aromatic heterocycles. The molecule has 0 saturated carbocycles. The van der Waals surface area contributed by atoms with E-state index >= 15 is 0 Å². The first-order valence-corrected chi connectivity index (χ1v) is 8.11. The van der Waals surface area contributed by atoms with E-state index in [1.807, 2.05) is 4.57 Å². The van der Waals surface area contributed by atoms with Crippen LogP contribution in [-0.2, 0) is 14.3 Å². The van der Waals surface area contributed by atoms with Crippen LogP contribution < -0.4 is 5.32 Å². The normalized spacial score (nSPS) is 23.5. The number of hydrogen-bond acceptors (Lipinski definition) is 6. The molecule has 24 heavy (non-hydrogen) atoms. The molecule has 1 saturated heterocycles. The highest BCUT2D eigenvalue weighted by Gasteiger charge is 2.33. The van der Waals surface area contributed by atoms with Gasteiger partial charge in [0.1, 0.15) is 18.3 Å². The third-order valence-corrected chi connectivity index (χ3v) is 4.28. The summed E-state index contributed by atoms with van der Waals surface area (Å²) in [5.41, 5.74) is 1.10. The number of rotatable bonds is 5. The smallest absolute Gasteiger partial charge is 0.233 e. The lowest BCUT2D eigenvalue weighted by molar-refractivity contribution is -0.124. The number of imidazole rings is 1. The highest BCUT2D eigenvalue weighted by molar-refractivity contribution is 6.05. The fourth-order valence-electron chi connectivity index (χ4n) is 3.10. The number of aromatic nitrogens is 4. The molecule has 8 nitrogen and oxygen atoms in total. The predicted octanol–water partition coefficient (Wildman–Crippen LogP) is 2.08. The van der Waals surface area contributed by atoms with Crippen LogP contribution in [0.25, 0.3) is 11.2 Å². The van der Waals surface area contributed by atoms with Crippen molar-refractivity contribution >= 4 is 28.7 Å². The number of ether oxygens (including phenoxy) is 1. The second-order valence-electron chi connectivity index (χ2n) is 6.22. The third kappa shape index (κ3) is 3.14. The number of carbonyl (C=O) groups is 2. The Labute approximate surface area is 139 Å². The summed E-state index contributed by atoms with van der Waals surface area (Å²) in [4.78, 5) is 35.5.